The molecule has 1 fully saturated rings. The van der Waals surface area contributed by atoms with Crippen molar-refractivity contribution in [3.05, 3.63) is 24.2 Å². The first kappa shape index (κ1) is 17.0. The Kier molecular flexibility index (Phi) is 6.03. The van der Waals surface area contributed by atoms with Crippen molar-refractivity contribution in [3.63, 3.8) is 0 Å². The summed E-state index contributed by atoms with van der Waals surface area (Å²) in [6, 6.07) is 3.50. The molecule has 124 valence electrons. The van der Waals surface area contributed by atoms with E-state index in [2.05, 4.69) is 10.6 Å². The molecular weight excluding hydrogens is 280 g/mol. The SMILES string of the molecule is C[C@H](NC(=O)CN[C@@](C)(CO)C1CCCCC1)c1ccco1. The molecular formula is C17H28N2O3. The highest BCUT2D eigenvalue weighted by atomic mass is 16.3. The standard InChI is InChI=1S/C17H28N2O3/c1-13(15-9-6-10-22-15)19-16(21)11-18-17(2,12-20)14-7-4-3-5-8-14/h6,9-10,13-14,18,20H,3-5,7-8,11-12H2,1-2H3,(H,19,21)/t13-,17-/m0/s1. The van der Waals surface area contributed by atoms with Crippen LogP contribution in [0.2, 0.25) is 0 Å². The van der Waals surface area contributed by atoms with Gasteiger partial charge in [-0.1, -0.05) is 19.3 Å². The van der Waals surface area contributed by atoms with E-state index in [9.17, 15) is 9.90 Å². The van der Waals surface area contributed by atoms with Gasteiger partial charge in [0.05, 0.1) is 25.5 Å². The Bertz CT molecular complexity index is 454. The fourth-order valence-corrected chi connectivity index (χ4v) is 3.25. The molecule has 5 nitrogen and oxygen atoms in total. The van der Waals surface area contributed by atoms with Crippen molar-refractivity contribution in [2.75, 3.05) is 13.2 Å². The third-order valence-corrected chi connectivity index (χ3v) is 4.83. The zero-order valence-electron chi connectivity index (χ0n) is 13.6. The molecule has 2 rings (SSSR count). The van der Waals surface area contributed by atoms with Gasteiger partial charge in [0.2, 0.25) is 5.91 Å². The second-order valence-corrected chi connectivity index (χ2v) is 6.57. The lowest BCUT2D eigenvalue weighted by atomic mass is 9.76. The first-order valence-corrected chi connectivity index (χ1v) is 8.24. The first-order chi connectivity index (χ1) is 10.5. The monoisotopic (exact) mass is 308 g/mol. The summed E-state index contributed by atoms with van der Waals surface area (Å²) >= 11 is 0. The normalized spacial score (nSPS) is 20.3. The van der Waals surface area contributed by atoms with Crippen LogP contribution >= 0.6 is 0 Å². The van der Waals surface area contributed by atoms with E-state index in [4.69, 9.17) is 4.42 Å². The summed E-state index contributed by atoms with van der Waals surface area (Å²) < 4.78 is 5.28. The van der Waals surface area contributed by atoms with Gasteiger partial charge < -0.3 is 20.2 Å². The van der Waals surface area contributed by atoms with Crippen LogP contribution in [0.4, 0.5) is 0 Å². The van der Waals surface area contributed by atoms with Gasteiger partial charge in [-0.05, 0) is 44.7 Å². The highest BCUT2D eigenvalue weighted by Gasteiger charge is 2.34. The fraction of sp³-hybridized carbons (Fsp3) is 0.706. The average molecular weight is 308 g/mol. The van der Waals surface area contributed by atoms with Crippen LogP contribution in [0.1, 0.15) is 57.8 Å². The van der Waals surface area contributed by atoms with Gasteiger partial charge >= 0.3 is 0 Å². The maximum Gasteiger partial charge on any atom is 0.234 e. The number of hydrogen-bond acceptors (Lipinski definition) is 4. The van der Waals surface area contributed by atoms with Crippen molar-refractivity contribution in [2.24, 2.45) is 5.92 Å². The number of aliphatic hydroxyl groups excluding tert-OH is 1. The average Bonchev–Trinajstić information content (AvgIpc) is 3.08. The van der Waals surface area contributed by atoms with Crippen LogP contribution in [0.25, 0.3) is 0 Å². The van der Waals surface area contributed by atoms with E-state index < -0.39 is 0 Å². The minimum absolute atomic E-state index is 0.0543. The molecule has 1 amide bonds. The Labute approximate surface area is 132 Å². The molecule has 0 unspecified atom stereocenters. The summed E-state index contributed by atoms with van der Waals surface area (Å²) in [5.74, 6) is 1.09. The minimum atomic E-state index is -0.383. The second kappa shape index (κ2) is 7.79. The van der Waals surface area contributed by atoms with E-state index in [0.717, 1.165) is 18.6 Å². The molecule has 1 aromatic rings. The number of hydrogen-bond donors (Lipinski definition) is 3. The highest BCUT2D eigenvalue weighted by Crippen LogP contribution is 2.32. The maximum absolute atomic E-state index is 12.1. The molecule has 3 N–H and O–H groups in total. The molecule has 0 bridgehead atoms. The van der Waals surface area contributed by atoms with Gasteiger partial charge in [0, 0.05) is 5.54 Å². The van der Waals surface area contributed by atoms with Gasteiger partial charge in [-0.15, -0.1) is 0 Å². The summed E-state index contributed by atoms with van der Waals surface area (Å²) in [6.45, 7) is 4.17. The molecule has 1 aliphatic carbocycles. The van der Waals surface area contributed by atoms with E-state index in [1.165, 1.54) is 19.3 Å². The van der Waals surface area contributed by atoms with Crippen LogP contribution in [-0.4, -0.2) is 29.7 Å². The number of nitrogens with one attached hydrogen (secondary N) is 2. The van der Waals surface area contributed by atoms with Crippen LogP contribution in [0.3, 0.4) is 0 Å². The molecule has 1 aromatic heterocycles. The minimum Gasteiger partial charge on any atom is -0.467 e. The van der Waals surface area contributed by atoms with Crippen molar-refractivity contribution < 1.29 is 14.3 Å². The van der Waals surface area contributed by atoms with Gasteiger partial charge in [-0.25, -0.2) is 0 Å². The molecule has 0 saturated heterocycles. The molecule has 0 spiro atoms. The van der Waals surface area contributed by atoms with Crippen molar-refractivity contribution in [2.45, 2.75) is 57.5 Å². The number of aliphatic hydroxyl groups is 1. The van der Waals surface area contributed by atoms with Crippen molar-refractivity contribution in [3.8, 4) is 0 Å². The lowest BCUT2D eigenvalue weighted by Gasteiger charge is -2.39. The summed E-state index contributed by atoms with van der Waals surface area (Å²) in [7, 11) is 0. The van der Waals surface area contributed by atoms with Gasteiger partial charge in [-0.3, -0.25) is 4.79 Å². The highest BCUT2D eigenvalue weighted by molar-refractivity contribution is 5.78. The molecule has 1 saturated carbocycles. The second-order valence-electron chi connectivity index (χ2n) is 6.57. The summed E-state index contributed by atoms with van der Waals surface area (Å²) in [5, 5.41) is 16.0. The number of furan rings is 1. The molecule has 2 atom stereocenters. The zero-order chi connectivity index (χ0) is 16.0. The largest absolute Gasteiger partial charge is 0.467 e. The van der Waals surface area contributed by atoms with Gasteiger partial charge in [0.1, 0.15) is 5.76 Å². The Balaban J connectivity index is 1.82. The van der Waals surface area contributed by atoms with E-state index in [1.54, 1.807) is 6.26 Å². The third kappa shape index (κ3) is 4.34. The lowest BCUT2D eigenvalue weighted by molar-refractivity contribution is -0.121. The first-order valence-electron chi connectivity index (χ1n) is 8.24. The Morgan fingerprint density at radius 2 is 2.18 bits per heavy atom. The Morgan fingerprint density at radius 3 is 2.77 bits per heavy atom. The third-order valence-electron chi connectivity index (χ3n) is 4.83. The van der Waals surface area contributed by atoms with Crippen molar-refractivity contribution in [1.82, 2.24) is 10.6 Å². The number of amides is 1. The van der Waals surface area contributed by atoms with E-state index >= 15 is 0 Å². The van der Waals surface area contributed by atoms with Gasteiger partial charge in [0.25, 0.3) is 0 Å². The van der Waals surface area contributed by atoms with Gasteiger partial charge in [-0.2, -0.15) is 0 Å². The maximum atomic E-state index is 12.1. The molecule has 22 heavy (non-hydrogen) atoms. The number of carbonyl (C=O) groups is 1. The molecule has 1 heterocycles. The summed E-state index contributed by atoms with van der Waals surface area (Å²) in [4.78, 5) is 12.1. The van der Waals surface area contributed by atoms with E-state index in [1.807, 2.05) is 26.0 Å². The van der Waals surface area contributed by atoms with Crippen LogP contribution in [0.15, 0.2) is 22.8 Å². The summed E-state index contributed by atoms with van der Waals surface area (Å²) in [6.07, 6.45) is 7.54. The zero-order valence-corrected chi connectivity index (χ0v) is 13.6. The van der Waals surface area contributed by atoms with Crippen LogP contribution in [0.5, 0.6) is 0 Å². The van der Waals surface area contributed by atoms with Crippen molar-refractivity contribution >= 4 is 5.91 Å². The van der Waals surface area contributed by atoms with Crippen LogP contribution < -0.4 is 10.6 Å². The topological polar surface area (TPSA) is 74.5 Å². The van der Waals surface area contributed by atoms with Crippen LogP contribution in [0, 0.1) is 5.92 Å². The quantitative estimate of drug-likeness (QED) is 0.723. The molecule has 1 aliphatic rings. The van der Waals surface area contributed by atoms with E-state index in [-0.39, 0.29) is 30.6 Å². The molecule has 0 radical (unpaired) electrons. The van der Waals surface area contributed by atoms with Gasteiger partial charge in [0.15, 0.2) is 0 Å². The summed E-state index contributed by atoms with van der Waals surface area (Å²) in [5.41, 5.74) is -0.383. The predicted octanol–water partition coefficient (Wildman–Crippen LogP) is 2.38. The molecule has 5 heteroatoms. The Morgan fingerprint density at radius 1 is 1.45 bits per heavy atom. The predicted molar refractivity (Wildman–Crippen MR) is 85.3 cm³/mol. The smallest absolute Gasteiger partial charge is 0.234 e. The molecule has 0 aromatic carbocycles. The van der Waals surface area contributed by atoms with Crippen molar-refractivity contribution in [1.29, 1.82) is 0 Å². The van der Waals surface area contributed by atoms with E-state index in [0.29, 0.717) is 5.92 Å². The number of carbonyl (C=O) groups excluding carboxylic acids is 1. The van der Waals surface area contributed by atoms with Crippen LogP contribution in [-0.2, 0) is 4.79 Å². The lowest BCUT2D eigenvalue weighted by Crippen LogP contribution is -2.55. The fourth-order valence-electron chi connectivity index (χ4n) is 3.25. The Hall–Kier alpha value is -1.33. The molecule has 0 aliphatic heterocycles. The number of rotatable bonds is 7.